The van der Waals surface area contributed by atoms with Gasteiger partial charge in [0, 0.05) is 37.9 Å². The van der Waals surface area contributed by atoms with Crippen molar-refractivity contribution in [3.05, 3.63) is 53.3 Å². The number of fused-ring (bicyclic) bond motifs is 1. The third kappa shape index (κ3) is 4.80. The Kier molecular flexibility index (Phi) is 6.01. The van der Waals surface area contributed by atoms with E-state index in [0.29, 0.717) is 6.54 Å². The molecule has 1 saturated heterocycles. The van der Waals surface area contributed by atoms with Crippen LogP contribution in [-0.2, 0) is 11.3 Å². The van der Waals surface area contributed by atoms with Crippen LogP contribution in [0, 0.1) is 13.8 Å². The van der Waals surface area contributed by atoms with Crippen LogP contribution in [0.1, 0.15) is 17.0 Å². The summed E-state index contributed by atoms with van der Waals surface area (Å²) < 4.78 is 5.28. The number of nitrogens with zero attached hydrogens (tertiary/aromatic N) is 3. The van der Waals surface area contributed by atoms with Gasteiger partial charge in [-0.3, -0.25) is 14.6 Å². The maximum absolute atomic E-state index is 12.5. The fraction of sp³-hybridized carbons (Fsp3) is 0.391. The number of methoxy groups -OCH3 is 1. The van der Waals surface area contributed by atoms with Gasteiger partial charge in [-0.1, -0.05) is 12.1 Å². The molecular weight excluding hydrogens is 378 g/mol. The summed E-state index contributed by atoms with van der Waals surface area (Å²) in [5.41, 5.74) is 5.08. The van der Waals surface area contributed by atoms with Gasteiger partial charge in [-0.05, 0) is 43.2 Å². The number of amides is 1. The van der Waals surface area contributed by atoms with Gasteiger partial charge in [0.2, 0.25) is 5.91 Å². The zero-order valence-corrected chi connectivity index (χ0v) is 17.9. The van der Waals surface area contributed by atoms with Crippen molar-refractivity contribution >= 4 is 22.6 Å². The number of carbonyl (C=O) groups excluding carboxylic acids is 1. The van der Waals surface area contributed by atoms with Gasteiger partial charge in [0.1, 0.15) is 11.6 Å². The molecule has 0 bridgehead atoms. The van der Waals surface area contributed by atoms with Gasteiger partial charge >= 0.3 is 0 Å². The van der Waals surface area contributed by atoms with Crippen molar-refractivity contribution in [3.63, 3.8) is 0 Å². The summed E-state index contributed by atoms with van der Waals surface area (Å²) in [6.45, 7) is 8.82. The number of rotatable bonds is 6. The average Bonchev–Trinajstić information content (AvgIpc) is 3.13. The molecule has 1 amide bonds. The second kappa shape index (κ2) is 8.85. The van der Waals surface area contributed by atoms with Gasteiger partial charge in [-0.15, -0.1) is 0 Å². The molecule has 158 valence electrons. The highest BCUT2D eigenvalue weighted by Crippen LogP contribution is 2.20. The summed E-state index contributed by atoms with van der Waals surface area (Å²) in [6, 6.07) is 12.0. The second-order valence-electron chi connectivity index (χ2n) is 7.99. The van der Waals surface area contributed by atoms with Crippen LogP contribution >= 0.6 is 0 Å². The molecule has 7 nitrogen and oxygen atoms in total. The molecule has 0 spiro atoms. The van der Waals surface area contributed by atoms with Crippen LogP contribution in [0.15, 0.2) is 36.4 Å². The van der Waals surface area contributed by atoms with E-state index in [9.17, 15) is 4.79 Å². The fourth-order valence-electron chi connectivity index (χ4n) is 3.82. The molecule has 1 fully saturated rings. The SMILES string of the molecule is COc1ccc2nc(CN3CCN(CC(=O)Nc4cc(C)ccc4C)CC3)[nH]c2c1. The lowest BCUT2D eigenvalue weighted by Gasteiger charge is -2.33. The summed E-state index contributed by atoms with van der Waals surface area (Å²) in [5.74, 6) is 1.83. The minimum atomic E-state index is 0.0448. The van der Waals surface area contributed by atoms with Crippen molar-refractivity contribution in [2.24, 2.45) is 0 Å². The molecule has 0 atom stereocenters. The first-order valence-corrected chi connectivity index (χ1v) is 10.3. The van der Waals surface area contributed by atoms with Gasteiger partial charge < -0.3 is 15.0 Å². The Balaban J connectivity index is 1.27. The number of aromatic nitrogens is 2. The minimum absolute atomic E-state index is 0.0448. The van der Waals surface area contributed by atoms with Crippen LogP contribution in [0.2, 0.25) is 0 Å². The molecular formula is C23H29N5O2. The van der Waals surface area contributed by atoms with Crippen molar-refractivity contribution in [1.29, 1.82) is 0 Å². The Hall–Kier alpha value is -2.90. The van der Waals surface area contributed by atoms with Gasteiger partial charge in [0.05, 0.1) is 31.2 Å². The smallest absolute Gasteiger partial charge is 0.238 e. The fourth-order valence-corrected chi connectivity index (χ4v) is 3.82. The quantitative estimate of drug-likeness (QED) is 0.657. The molecule has 4 rings (SSSR count). The topological polar surface area (TPSA) is 73.5 Å². The number of H-pyrrole nitrogens is 1. The number of aromatic amines is 1. The molecule has 0 saturated carbocycles. The molecule has 0 unspecified atom stereocenters. The van der Waals surface area contributed by atoms with Crippen molar-refractivity contribution in [1.82, 2.24) is 19.8 Å². The lowest BCUT2D eigenvalue weighted by molar-refractivity contribution is -0.117. The number of carbonyl (C=O) groups is 1. The Bertz CT molecular complexity index is 1040. The van der Waals surface area contributed by atoms with E-state index in [0.717, 1.165) is 72.1 Å². The van der Waals surface area contributed by atoms with E-state index < -0.39 is 0 Å². The van der Waals surface area contributed by atoms with E-state index in [1.807, 2.05) is 44.2 Å². The van der Waals surface area contributed by atoms with Gasteiger partial charge in [0.25, 0.3) is 0 Å². The summed E-state index contributed by atoms with van der Waals surface area (Å²) >= 11 is 0. The van der Waals surface area contributed by atoms with Crippen LogP contribution in [0.25, 0.3) is 11.0 Å². The Morgan fingerprint density at radius 2 is 1.87 bits per heavy atom. The number of benzene rings is 2. The number of hydrogen-bond donors (Lipinski definition) is 2. The highest BCUT2D eigenvalue weighted by molar-refractivity contribution is 5.93. The van der Waals surface area contributed by atoms with E-state index in [2.05, 4.69) is 31.2 Å². The molecule has 1 aliphatic rings. The number of aryl methyl sites for hydroxylation is 2. The predicted octanol–water partition coefficient (Wildman–Crippen LogP) is 2.94. The molecule has 2 N–H and O–H groups in total. The highest BCUT2D eigenvalue weighted by Gasteiger charge is 2.20. The zero-order chi connectivity index (χ0) is 21.1. The second-order valence-corrected chi connectivity index (χ2v) is 7.99. The largest absolute Gasteiger partial charge is 0.497 e. The number of nitrogens with one attached hydrogen (secondary N) is 2. The summed E-state index contributed by atoms with van der Waals surface area (Å²) in [6.07, 6.45) is 0. The van der Waals surface area contributed by atoms with E-state index in [4.69, 9.17) is 4.74 Å². The van der Waals surface area contributed by atoms with E-state index in [1.54, 1.807) is 7.11 Å². The lowest BCUT2D eigenvalue weighted by atomic mass is 10.1. The van der Waals surface area contributed by atoms with Crippen molar-refractivity contribution in [3.8, 4) is 5.75 Å². The van der Waals surface area contributed by atoms with Crippen LogP contribution in [0.4, 0.5) is 5.69 Å². The maximum atomic E-state index is 12.5. The first kappa shape index (κ1) is 20.4. The number of anilines is 1. The van der Waals surface area contributed by atoms with Crippen molar-refractivity contribution in [2.75, 3.05) is 45.2 Å². The first-order valence-electron chi connectivity index (χ1n) is 10.3. The molecule has 30 heavy (non-hydrogen) atoms. The van der Waals surface area contributed by atoms with Gasteiger partial charge in [-0.2, -0.15) is 0 Å². The third-order valence-electron chi connectivity index (χ3n) is 5.61. The predicted molar refractivity (Wildman–Crippen MR) is 119 cm³/mol. The molecule has 2 heterocycles. The van der Waals surface area contributed by atoms with Gasteiger partial charge in [0.15, 0.2) is 0 Å². The van der Waals surface area contributed by atoms with Crippen LogP contribution < -0.4 is 10.1 Å². The van der Waals surface area contributed by atoms with Crippen molar-refractivity contribution in [2.45, 2.75) is 20.4 Å². The molecule has 0 radical (unpaired) electrons. The molecule has 0 aliphatic carbocycles. The van der Waals surface area contributed by atoms with Crippen molar-refractivity contribution < 1.29 is 9.53 Å². The molecule has 7 heteroatoms. The van der Waals surface area contributed by atoms with Gasteiger partial charge in [-0.25, -0.2) is 4.98 Å². The van der Waals surface area contributed by atoms with E-state index in [-0.39, 0.29) is 5.91 Å². The standard InChI is InChI=1S/C23H29N5O2/c1-16-4-5-17(2)20(12-16)26-23(29)15-28-10-8-27(9-11-28)14-22-24-19-7-6-18(30-3)13-21(19)25-22/h4-7,12-13H,8-11,14-15H2,1-3H3,(H,24,25)(H,26,29). The number of piperazine rings is 1. The first-order chi connectivity index (χ1) is 14.5. The highest BCUT2D eigenvalue weighted by atomic mass is 16.5. The van der Waals surface area contributed by atoms with Crippen LogP contribution in [0.5, 0.6) is 5.75 Å². The number of hydrogen-bond acceptors (Lipinski definition) is 5. The maximum Gasteiger partial charge on any atom is 0.238 e. The molecule has 2 aromatic carbocycles. The Labute approximate surface area is 177 Å². The lowest BCUT2D eigenvalue weighted by Crippen LogP contribution is -2.48. The zero-order valence-electron chi connectivity index (χ0n) is 17.9. The molecule has 1 aliphatic heterocycles. The van der Waals surface area contributed by atoms with E-state index in [1.165, 1.54) is 0 Å². The van der Waals surface area contributed by atoms with Crippen LogP contribution in [-0.4, -0.2) is 65.5 Å². The Morgan fingerprint density at radius 1 is 1.10 bits per heavy atom. The monoisotopic (exact) mass is 407 g/mol. The minimum Gasteiger partial charge on any atom is -0.497 e. The summed E-state index contributed by atoms with van der Waals surface area (Å²) in [7, 11) is 1.67. The van der Waals surface area contributed by atoms with E-state index >= 15 is 0 Å². The molecule has 1 aromatic heterocycles. The van der Waals surface area contributed by atoms with Crippen LogP contribution in [0.3, 0.4) is 0 Å². The summed E-state index contributed by atoms with van der Waals surface area (Å²) in [5, 5.41) is 3.05. The normalized spacial score (nSPS) is 15.4. The number of imidazole rings is 1. The average molecular weight is 408 g/mol. The third-order valence-corrected chi connectivity index (χ3v) is 5.61. The molecule has 3 aromatic rings. The summed E-state index contributed by atoms with van der Waals surface area (Å²) in [4.78, 5) is 25.1. The Morgan fingerprint density at radius 3 is 2.63 bits per heavy atom. The number of ether oxygens (including phenoxy) is 1.